The van der Waals surface area contributed by atoms with Crippen molar-refractivity contribution in [2.45, 2.75) is 38.3 Å². The van der Waals surface area contributed by atoms with Gasteiger partial charge in [0.05, 0.1) is 18.7 Å². The summed E-state index contributed by atoms with van der Waals surface area (Å²) in [6.45, 7) is 7.59. The van der Waals surface area contributed by atoms with Gasteiger partial charge in [0.15, 0.2) is 0 Å². The molecule has 0 bridgehead atoms. The van der Waals surface area contributed by atoms with Crippen molar-refractivity contribution >= 4 is 10.9 Å². The number of para-hydroxylation sites is 1. The average molecular weight is 339 g/mol. The summed E-state index contributed by atoms with van der Waals surface area (Å²) < 4.78 is 5.85. The van der Waals surface area contributed by atoms with Crippen LogP contribution in [0.25, 0.3) is 10.9 Å². The number of benzene rings is 1. The van der Waals surface area contributed by atoms with E-state index in [9.17, 15) is 0 Å². The van der Waals surface area contributed by atoms with Gasteiger partial charge in [-0.05, 0) is 56.6 Å². The first-order valence-electron chi connectivity index (χ1n) is 9.72. The van der Waals surface area contributed by atoms with Crippen LogP contribution in [0.3, 0.4) is 0 Å². The summed E-state index contributed by atoms with van der Waals surface area (Å²) >= 11 is 0. The van der Waals surface area contributed by atoms with Gasteiger partial charge in [-0.1, -0.05) is 25.1 Å². The van der Waals surface area contributed by atoms with Crippen LogP contribution < -0.4 is 5.32 Å². The van der Waals surface area contributed by atoms with E-state index < -0.39 is 0 Å². The number of hydrogen-bond acceptors (Lipinski definition) is 4. The van der Waals surface area contributed by atoms with Crippen molar-refractivity contribution in [2.24, 2.45) is 5.92 Å². The van der Waals surface area contributed by atoms with Gasteiger partial charge in [-0.15, -0.1) is 0 Å². The summed E-state index contributed by atoms with van der Waals surface area (Å²) in [6, 6.07) is 11.8. The molecule has 25 heavy (non-hydrogen) atoms. The van der Waals surface area contributed by atoms with Crippen LogP contribution in [0.4, 0.5) is 0 Å². The number of hydrogen-bond donors (Lipinski definition) is 1. The SMILES string of the molecule is CCN1CCC(N[C@H]2COC[C@H]2Cc2ccnc3ccccc23)CC1. The molecule has 3 heterocycles. The number of rotatable bonds is 5. The number of piperidine rings is 1. The predicted molar refractivity (Wildman–Crippen MR) is 102 cm³/mol. The van der Waals surface area contributed by atoms with Crippen LogP contribution in [0.1, 0.15) is 25.3 Å². The van der Waals surface area contributed by atoms with Gasteiger partial charge in [-0.2, -0.15) is 0 Å². The Kier molecular flexibility index (Phi) is 5.30. The summed E-state index contributed by atoms with van der Waals surface area (Å²) in [4.78, 5) is 7.04. The number of nitrogens with zero attached hydrogens (tertiary/aromatic N) is 2. The molecule has 4 heteroatoms. The lowest BCUT2D eigenvalue weighted by Gasteiger charge is -2.34. The average Bonchev–Trinajstić information content (AvgIpc) is 3.09. The highest BCUT2D eigenvalue weighted by molar-refractivity contribution is 5.81. The molecule has 4 nitrogen and oxygen atoms in total. The second kappa shape index (κ2) is 7.81. The number of aromatic nitrogens is 1. The number of fused-ring (bicyclic) bond motifs is 1. The highest BCUT2D eigenvalue weighted by atomic mass is 16.5. The summed E-state index contributed by atoms with van der Waals surface area (Å²) in [6.07, 6.45) is 5.52. The summed E-state index contributed by atoms with van der Waals surface area (Å²) in [5.41, 5.74) is 2.49. The molecule has 0 radical (unpaired) electrons. The van der Waals surface area contributed by atoms with Gasteiger partial charge in [-0.25, -0.2) is 0 Å². The standard InChI is InChI=1S/C21H29N3O/c1-2-24-11-8-18(9-12-24)23-21-15-25-14-17(21)13-16-7-10-22-20-6-4-3-5-19(16)20/h3-7,10,17-18,21,23H,2,8-9,11-15H2,1H3/t17-,21+/m1/s1. The third kappa shape index (κ3) is 3.86. The molecule has 0 amide bonds. The van der Waals surface area contributed by atoms with Crippen LogP contribution in [0.5, 0.6) is 0 Å². The molecule has 0 unspecified atom stereocenters. The third-order valence-electron chi connectivity index (χ3n) is 5.90. The van der Waals surface area contributed by atoms with Crippen molar-refractivity contribution in [1.82, 2.24) is 15.2 Å². The van der Waals surface area contributed by atoms with E-state index in [2.05, 4.69) is 52.5 Å². The lowest BCUT2D eigenvalue weighted by molar-refractivity contribution is 0.173. The first-order valence-corrected chi connectivity index (χ1v) is 9.72. The third-order valence-corrected chi connectivity index (χ3v) is 5.90. The minimum atomic E-state index is 0.477. The number of likely N-dealkylation sites (tertiary alicyclic amines) is 1. The van der Waals surface area contributed by atoms with E-state index in [0.717, 1.165) is 25.2 Å². The van der Waals surface area contributed by atoms with Crippen molar-refractivity contribution in [3.63, 3.8) is 0 Å². The minimum absolute atomic E-state index is 0.477. The van der Waals surface area contributed by atoms with Gasteiger partial charge in [0.1, 0.15) is 0 Å². The van der Waals surface area contributed by atoms with Gasteiger partial charge in [0, 0.05) is 29.6 Å². The Morgan fingerprint density at radius 1 is 1.16 bits per heavy atom. The molecule has 0 aliphatic carbocycles. The van der Waals surface area contributed by atoms with Crippen molar-refractivity contribution in [2.75, 3.05) is 32.8 Å². The Bertz CT molecular complexity index is 691. The van der Waals surface area contributed by atoms with E-state index in [1.165, 1.54) is 43.4 Å². The maximum absolute atomic E-state index is 5.85. The molecule has 4 rings (SSSR count). The predicted octanol–water partition coefficient (Wildman–Crippen LogP) is 2.87. The van der Waals surface area contributed by atoms with E-state index in [-0.39, 0.29) is 0 Å². The highest BCUT2D eigenvalue weighted by Gasteiger charge is 2.31. The zero-order valence-corrected chi connectivity index (χ0v) is 15.2. The van der Waals surface area contributed by atoms with E-state index in [1.807, 2.05) is 6.20 Å². The molecule has 1 N–H and O–H groups in total. The van der Waals surface area contributed by atoms with Crippen molar-refractivity contribution in [3.05, 3.63) is 42.1 Å². The molecule has 0 spiro atoms. The lowest BCUT2D eigenvalue weighted by atomic mass is 9.92. The molecule has 2 atom stereocenters. The van der Waals surface area contributed by atoms with Crippen LogP contribution in [-0.4, -0.2) is 54.8 Å². The maximum atomic E-state index is 5.85. The Morgan fingerprint density at radius 2 is 2.00 bits per heavy atom. The van der Waals surface area contributed by atoms with Crippen LogP contribution >= 0.6 is 0 Å². The van der Waals surface area contributed by atoms with Crippen molar-refractivity contribution in [3.8, 4) is 0 Å². The fourth-order valence-electron chi connectivity index (χ4n) is 4.32. The van der Waals surface area contributed by atoms with Crippen LogP contribution in [0.2, 0.25) is 0 Å². The molecule has 2 aromatic rings. The van der Waals surface area contributed by atoms with Gasteiger partial charge in [0.2, 0.25) is 0 Å². The molecule has 0 saturated carbocycles. The molecule has 134 valence electrons. The monoisotopic (exact) mass is 339 g/mol. The van der Waals surface area contributed by atoms with Crippen molar-refractivity contribution < 1.29 is 4.74 Å². The first kappa shape index (κ1) is 17.0. The smallest absolute Gasteiger partial charge is 0.0704 e. The molecular formula is C21H29N3O. The first-order chi connectivity index (χ1) is 12.3. The summed E-state index contributed by atoms with van der Waals surface area (Å²) in [5, 5.41) is 5.20. The topological polar surface area (TPSA) is 37.4 Å². The number of ether oxygens (including phenoxy) is 1. The molecule has 2 aliphatic rings. The van der Waals surface area contributed by atoms with Crippen molar-refractivity contribution in [1.29, 1.82) is 0 Å². The molecule has 1 aromatic heterocycles. The Morgan fingerprint density at radius 3 is 2.84 bits per heavy atom. The van der Waals surface area contributed by atoms with Crippen LogP contribution in [0, 0.1) is 5.92 Å². The van der Waals surface area contributed by atoms with E-state index in [1.54, 1.807) is 0 Å². The molecule has 2 fully saturated rings. The Labute approximate surface area is 150 Å². The molecular weight excluding hydrogens is 310 g/mol. The highest BCUT2D eigenvalue weighted by Crippen LogP contribution is 2.25. The Balaban J connectivity index is 1.41. The quantitative estimate of drug-likeness (QED) is 0.909. The molecule has 2 saturated heterocycles. The zero-order chi connectivity index (χ0) is 17.1. The van der Waals surface area contributed by atoms with Gasteiger partial charge >= 0.3 is 0 Å². The summed E-state index contributed by atoms with van der Waals surface area (Å²) in [5.74, 6) is 0.551. The van der Waals surface area contributed by atoms with Crippen LogP contribution in [-0.2, 0) is 11.2 Å². The fourth-order valence-corrected chi connectivity index (χ4v) is 4.32. The van der Waals surface area contributed by atoms with Gasteiger partial charge < -0.3 is 15.0 Å². The minimum Gasteiger partial charge on any atom is -0.379 e. The second-order valence-electron chi connectivity index (χ2n) is 7.47. The maximum Gasteiger partial charge on any atom is 0.0704 e. The summed E-state index contributed by atoms with van der Waals surface area (Å²) in [7, 11) is 0. The zero-order valence-electron chi connectivity index (χ0n) is 15.2. The molecule has 1 aromatic carbocycles. The van der Waals surface area contributed by atoms with E-state index >= 15 is 0 Å². The largest absolute Gasteiger partial charge is 0.379 e. The molecule has 2 aliphatic heterocycles. The van der Waals surface area contributed by atoms with Gasteiger partial charge in [-0.3, -0.25) is 4.98 Å². The number of pyridine rings is 1. The lowest BCUT2D eigenvalue weighted by Crippen LogP contribution is -2.48. The van der Waals surface area contributed by atoms with Gasteiger partial charge in [0.25, 0.3) is 0 Å². The number of nitrogens with one attached hydrogen (secondary N) is 1. The normalized spacial score (nSPS) is 25.6. The van der Waals surface area contributed by atoms with E-state index in [0.29, 0.717) is 18.0 Å². The van der Waals surface area contributed by atoms with E-state index in [4.69, 9.17) is 4.74 Å². The second-order valence-corrected chi connectivity index (χ2v) is 7.47. The Hall–Kier alpha value is -1.49. The fraction of sp³-hybridized carbons (Fsp3) is 0.571. The van der Waals surface area contributed by atoms with Crippen LogP contribution in [0.15, 0.2) is 36.5 Å².